The molecule has 0 unspecified atom stereocenters. The minimum absolute atomic E-state index is 0.205. The van der Waals surface area contributed by atoms with Crippen LogP contribution in [0.15, 0.2) is 18.2 Å². The summed E-state index contributed by atoms with van der Waals surface area (Å²) in [5, 5.41) is 5.72. The fraction of sp³-hybridized carbons (Fsp3) is 0.556. The first-order valence-electron chi connectivity index (χ1n) is 8.06. The molecule has 0 atom stereocenters. The minimum atomic E-state index is -0.574. The number of nitrogens with one attached hydrogen (secondary N) is 2. The van der Waals surface area contributed by atoms with Crippen LogP contribution in [-0.4, -0.2) is 36.9 Å². The van der Waals surface area contributed by atoms with E-state index in [2.05, 4.69) is 15.4 Å². The van der Waals surface area contributed by atoms with Crippen molar-refractivity contribution >= 4 is 17.7 Å². The lowest BCUT2D eigenvalue weighted by Crippen LogP contribution is -2.46. The lowest BCUT2D eigenvalue weighted by molar-refractivity contribution is 0.0469. The maximum Gasteiger partial charge on any atom is 0.408 e. The van der Waals surface area contributed by atoms with E-state index in [-0.39, 0.29) is 11.3 Å². The number of hydrogen-bond acceptors (Lipinski definition) is 5. The van der Waals surface area contributed by atoms with Gasteiger partial charge in [0.25, 0.3) is 0 Å². The summed E-state index contributed by atoms with van der Waals surface area (Å²) in [6.07, 6.45) is 0.0186. The van der Waals surface area contributed by atoms with E-state index in [0.717, 1.165) is 0 Å². The normalized spacial score (nSPS) is 11.6. The Morgan fingerprint density at radius 2 is 1.80 bits per heavy atom. The van der Waals surface area contributed by atoms with E-state index in [1.54, 1.807) is 20.8 Å². The third-order valence-corrected chi connectivity index (χ3v) is 3.29. The average Bonchev–Trinajstić information content (AvgIpc) is 2.45. The lowest BCUT2D eigenvalue weighted by Gasteiger charge is -2.29. The molecule has 0 spiro atoms. The zero-order valence-electron chi connectivity index (χ0n) is 15.7. The predicted molar refractivity (Wildman–Crippen MR) is 94.3 cm³/mol. The van der Waals surface area contributed by atoms with Gasteiger partial charge in [-0.15, -0.1) is 0 Å². The molecule has 0 heterocycles. The summed E-state index contributed by atoms with van der Waals surface area (Å²) in [6, 6.07) is 3.97. The molecule has 1 amide bonds. The van der Waals surface area contributed by atoms with Crippen molar-refractivity contribution in [1.29, 1.82) is 0 Å². The van der Waals surface area contributed by atoms with Crippen LogP contribution in [0.25, 0.3) is 0 Å². The summed E-state index contributed by atoms with van der Waals surface area (Å²) in [5.41, 5.74) is -0.657. The predicted octanol–water partition coefficient (Wildman–Crippen LogP) is 3.72. The second-order valence-corrected chi connectivity index (χ2v) is 7.37. The van der Waals surface area contributed by atoms with Crippen LogP contribution in [0.4, 0.5) is 14.9 Å². The molecule has 0 saturated carbocycles. The smallest absolute Gasteiger partial charge is 0.408 e. The van der Waals surface area contributed by atoms with Crippen molar-refractivity contribution < 1.29 is 23.5 Å². The topological polar surface area (TPSA) is 76.7 Å². The second kappa shape index (κ2) is 8.18. The lowest BCUT2D eigenvalue weighted by atomic mass is 10.0. The molecule has 0 aliphatic rings. The molecule has 0 bridgehead atoms. The minimum Gasteiger partial charge on any atom is -0.465 e. The number of alkyl carbamates (subject to hydrolysis) is 1. The van der Waals surface area contributed by atoms with Crippen LogP contribution in [-0.2, 0) is 9.47 Å². The Labute approximate surface area is 148 Å². The number of carbonyl (C=O) groups excluding carboxylic acids is 2. The molecule has 1 rings (SSSR count). The SMILES string of the molecule is COC(=O)c1ccc(F)c(NCCC(C)(C)NC(=O)OC(C)(C)C)c1. The number of carbonyl (C=O) groups is 2. The summed E-state index contributed by atoms with van der Waals surface area (Å²) in [4.78, 5) is 23.4. The van der Waals surface area contributed by atoms with Crippen molar-refractivity contribution in [2.45, 2.75) is 52.2 Å². The standard InChI is InChI=1S/C18H27FN2O4/c1-17(2,3)25-16(23)21-18(4,5)9-10-20-14-11-12(15(22)24-6)7-8-13(14)19/h7-8,11,20H,9-10H2,1-6H3,(H,21,23). The molecule has 6 nitrogen and oxygen atoms in total. The van der Waals surface area contributed by atoms with Gasteiger partial charge in [0.2, 0.25) is 0 Å². The number of hydrogen-bond donors (Lipinski definition) is 2. The van der Waals surface area contributed by atoms with Crippen molar-refractivity contribution in [2.75, 3.05) is 19.0 Å². The van der Waals surface area contributed by atoms with Gasteiger partial charge in [0, 0.05) is 12.1 Å². The number of esters is 1. The summed E-state index contributed by atoms with van der Waals surface area (Å²) in [5.74, 6) is -1.000. The van der Waals surface area contributed by atoms with Crippen LogP contribution in [0.3, 0.4) is 0 Å². The first kappa shape index (κ1) is 20.7. The number of rotatable bonds is 6. The fourth-order valence-electron chi connectivity index (χ4n) is 2.06. The maximum absolute atomic E-state index is 13.8. The molecular formula is C18H27FN2O4. The number of amides is 1. The zero-order chi connectivity index (χ0) is 19.3. The van der Waals surface area contributed by atoms with Crippen molar-refractivity contribution in [3.63, 3.8) is 0 Å². The van der Waals surface area contributed by atoms with Crippen LogP contribution < -0.4 is 10.6 Å². The Morgan fingerprint density at radius 1 is 1.16 bits per heavy atom. The Hall–Kier alpha value is -2.31. The van der Waals surface area contributed by atoms with E-state index in [1.807, 2.05) is 13.8 Å². The van der Waals surface area contributed by atoms with Gasteiger partial charge in [0.1, 0.15) is 11.4 Å². The molecule has 1 aromatic carbocycles. The van der Waals surface area contributed by atoms with Crippen molar-refractivity contribution in [3.8, 4) is 0 Å². The molecule has 2 N–H and O–H groups in total. The first-order valence-corrected chi connectivity index (χ1v) is 8.06. The van der Waals surface area contributed by atoms with Crippen LogP contribution in [0.2, 0.25) is 0 Å². The van der Waals surface area contributed by atoms with Crippen molar-refractivity contribution in [3.05, 3.63) is 29.6 Å². The number of halogens is 1. The van der Waals surface area contributed by atoms with Crippen molar-refractivity contribution in [1.82, 2.24) is 5.32 Å². The molecule has 7 heteroatoms. The fourth-order valence-corrected chi connectivity index (χ4v) is 2.06. The van der Waals surface area contributed by atoms with Gasteiger partial charge in [-0.2, -0.15) is 0 Å². The largest absolute Gasteiger partial charge is 0.465 e. The van der Waals surface area contributed by atoms with Gasteiger partial charge in [-0.05, 0) is 59.2 Å². The number of ether oxygens (including phenoxy) is 2. The molecule has 25 heavy (non-hydrogen) atoms. The summed E-state index contributed by atoms with van der Waals surface area (Å²) in [7, 11) is 1.27. The van der Waals surface area contributed by atoms with E-state index in [9.17, 15) is 14.0 Å². The van der Waals surface area contributed by atoms with Gasteiger partial charge in [0.05, 0.1) is 18.4 Å². The van der Waals surface area contributed by atoms with Crippen LogP contribution in [0.1, 0.15) is 51.4 Å². The highest BCUT2D eigenvalue weighted by Crippen LogP contribution is 2.18. The molecule has 0 aliphatic carbocycles. The van der Waals surface area contributed by atoms with Gasteiger partial charge in [0.15, 0.2) is 0 Å². The van der Waals surface area contributed by atoms with E-state index in [4.69, 9.17) is 4.74 Å². The van der Waals surface area contributed by atoms with Crippen LogP contribution in [0.5, 0.6) is 0 Å². The molecule has 1 aromatic rings. The highest BCUT2D eigenvalue weighted by atomic mass is 19.1. The molecule has 0 radical (unpaired) electrons. The third-order valence-electron chi connectivity index (χ3n) is 3.29. The number of methoxy groups -OCH3 is 1. The Morgan fingerprint density at radius 3 is 2.36 bits per heavy atom. The van der Waals surface area contributed by atoms with E-state index in [1.165, 1.54) is 25.3 Å². The van der Waals surface area contributed by atoms with Gasteiger partial charge >= 0.3 is 12.1 Å². The second-order valence-electron chi connectivity index (χ2n) is 7.37. The summed E-state index contributed by atoms with van der Waals surface area (Å²) < 4.78 is 23.7. The highest BCUT2D eigenvalue weighted by molar-refractivity contribution is 5.90. The first-order chi connectivity index (χ1) is 11.4. The molecule has 0 aliphatic heterocycles. The maximum atomic E-state index is 13.8. The van der Waals surface area contributed by atoms with E-state index < -0.39 is 29.0 Å². The molecule has 0 aromatic heterocycles. The van der Waals surface area contributed by atoms with Crippen LogP contribution in [0, 0.1) is 5.82 Å². The molecule has 0 fully saturated rings. The molecular weight excluding hydrogens is 327 g/mol. The van der Waals surface area contributed by atoms with Gasteiger partial charge < -0.3 is 20.1 Å². The highest BCUT2D eigenvalue weighted by Gasteiger charge is 2.24. The Balaban J connectivity index is 2.61. The van der Waals surface area contributed by atoms with Gasteiger partial charge in [-0.25, -0.2) is 14.0 Å². The monoisotopic (exact) mass is 354 g/mol. The summed E-state index contributed by atoms with van der Waals surface area (Å²) >= 11 is 0. The Bertz CT molecular complexity index is 624. The van der Waals surface area contributed by atoms with Gasteiger partial charge in [-0.3, -0.25) is 0 Å². The quantitative estimate of drug-likeness (QED) is 0.762. The number of benzene rings is 1. The Kier molecular flexibility index (Phi) is 6.78. The number of anilines is 1. The summed E-state index contributed by atoms with van der Waals surface area (Å²) in [6.45, 7) is 9.46. The van der Waals surface area contributed by atoms with Crippen LogP contribution >= 0.6 is 0 Å². The van der Waals surface area contributed by atoms with E-state index >= 15 is 0 Å². The zero-order valence-corrected chi connectivity index (χ0v) is 15.7. The average molecular weight is 354 g/mol. The van der Waals surface area contributed by atoms with E-state index in [0.29, 0.717) is 13.0 Å². The van der Waals surface area contributed by atoms with Gasteiger partial charge in [-0.1, -0.05) is 0 Å². The third kappa shape index (κ3) is 7.41. The molecule has 0 saturated heterocycles. The van der Waals surface area contributed by atoms with Crippen molar-refractivity contribution in [2.24, 2.45) is 0 Å². The molecule has 140 valence electrons.